The van der Waals surface area contributed by atoms with Crippen LogP contribution in [0.15, 0.2) is 0 Å². The van der Waals surface area contributed by atoms with E-state index in [0.717, 1.165) is 13.1 Å². The Bertz CT molecular complexity index is 208. The molecule has 0 radical (unpaired) electrons. The van der Waals surface area contributed by atoms with E-state index >= 15 is 0 Å². The SMILES string of the molecule is COC(=O)CC12OCCN1CCO2. The summed E-state index contributed by atoms with van der Waals surface area (Å²) in [6.45, 7) is 2.90. The van der Waals surface area contributed by atoms with Crippen LogP contribution in [0.5, 0.6) is 0 Å². The molecule has 0 saturated carbocycles. The molecule has 2 heterocycles. The summed E-state index contributed by atoms with van der Waals surface area (Å²) in [5, 5.41) is 0. The molecule has 0 unspecified atom stereocenters. The number of fused-ring (bicyclic) bond motifs is 1. The largest absolute Gasteiger partial charge is 0.469 e. The zero-order chi connectivity index (χ0) is 9.31. The highest BCUT2D eigenvalue weighted by atomic mass is 16.7. The maximum atomic E-state index is 11.1. The van der Waals surface area contributed by atoms with Gasteiger partial charge in [0.05, 0.1) is 20.3 Å². The number of carbonyl (C=O) groups is 1. The zero-order valence-corrected chi connectivity index (χ0v) is 7.62. The van der Waals surface area contributed by atoms with E-state index in [4.69, 9.17) is 9.47 Å². The summed E-state index contributed by atoms with van der Waals surface area (Å²) in [5.41, 5.74) is 0. The first-order valence-corrected chi connectivity index (χ1v) is 4.37. The van der Waals surface area contributed by atoms with Gasteiger partial charge in [0.2, 0.25) is 5.91 Å². The first-order chi connectivity index (χ1) is 6.27. The zero-order valence-electron chi connectivity index (χ0n) is 7.62. The smallest absolute Gasteiger partial charge is 0.312 e. The Morgan fingerprint density at radius 2 is 2.08 bits per heavy atom. The Hall–Kier alpha value is -0.650. The van der Waals surface area contributed by atoms with Gasteiger partial charge in [-0.1, -0.05) is 0 Å². The van der Waals surface area contributed by atoms with Crippen molar-refractivity contribution in [3.8, 4) is 0 Å². The molecule has 0 N–H and O–H groups in total. The fourth-order valence-electron chi connectivity index (χ4n) is 1.78. The normalized spacial score (nSPS) is 25.9. The van der Waals surface area contributed by atoms with Crippen LogP contribution in [0.25, 0.3) is 0 Å². The van der Waals surface area contributed by atoms with Gasteiger partial charge < -0.3 is 14.2 Å². The van der Waals surface area contributed by atoms with Crippen molar-refractivity contribution >= 4 is 5.97 Å². The molecule has 2 fully saturated rings. The highest BCUT2D eigenvalue weighted by Gasteiger charge is 2.49. The minimum atomic E-state index is -0.812. The van der Waals surface area contributed by atoms with Gasteiger partial charge in [0, 0.05) is 13.1 Å². The highest BCUT2D eigenvalue weighted by Crippen LogP contribution is 2.32. The molecule has 0 aromatic heterocycles. The summed E-state index contributed by atoms with van der Waals surface area (Å²) in [7, 11) is 1.37. The molecule has 5 heteroatoms. The minimum absolute atomic E-state index is 0.156. The lowest BCUT2D eigenvalue weighted by atomic mass is 10.3. The van der Waals surface area contributed by atoms with Gasteiger partial charge in [-0.05, 0) is 0 Å². The molecule has 0 aromatic rings. The number of esters is 1. The van der Waals surface area contributed by atoms with Crippen molar-refractivity contribution in [3.05, 3.63) is 0 Å². The van der Waals surface area contributed by atoms with Crippen LogP contribution < -0.4 is 0 Å². The molecule has 5 nitrogen and oxygen atoms in total. The molecule has 74 valence electrons. The van der Waals surface area contributed by atoms with Crippen molar-refractivity contribution in [2.75, 3.05) is 33.4 Å². The summed E-state index contributed by atoms with van der Waals surface area (Å²) in [4.78, 5) is 13.1. The van der Waals surface area contributed by atoms with E-state index in [0.29, 0.717) is 13.2 Å². The molecule has 0 spiro atoms. The maximum Gasteiger partial charge on any atom is 0.312 e. The number of methoxy groups -OCH3 is 1. The lowest BCUT2D eigenvalue weighted by molar-refractivity contribution is -0.237. The predicted molar refractivity (Wildman–Crippen MR) is 42.8 cm³/mol. The summed E-state index contributed by atoms with van der Waals surface area (Å²) < 4.78 is 15.5. The Morgan fingerprint density at radius 1 is 1.46 bits per heavy atom. The van der Waals surface area contributed by atoms with Crippen molar-refractivity contribution in [2.45, 2.75) is 12.3 Å². The fraction of sp³-hybridized carbons (Fsp3) is 0.875. The Labute approximate surface area is 76.5 Å². The molecular weight excluding hydrogens is 174 g/mol. The summed E-state index contributed by atoms with van der Waals surface area (Å²) in [6, 6.07) is 0. The number of nitrogens with zero attached hydrogens (tertiary/aromatic N) is 1. The van der Waals surface area contributed by atoms with Gasteiger partial charge in [0.25, 0.3) is 0 Å². The number of rotatable bonds is 2. The summed E-state index contributed by atoms with van der Waals surface area (Å²) in [5.74, 6) is -1.11. The third-order valence-electron chi connectivity index (χ3n) is 2.45. The van der Waals surface area contributed by atoms with Crippen LogP contribution in [0, 0.1) is 0 Å². The maximum absolute atomic E-state index is 11.1. The monoisotopic (exact) mass is 187 g/mol. The number of ether oxygens (including phenoxy) is 3. The average Bonchev–Trinajstić information content (AvgIpc) is 2.62. The lowest BCUT2D eigenvalue weighted by Crippen LogP contribution is -2.42. The Balaban J connectivity index is 2.05. The van der Waals surface area contributed by atoms with Gasteiger partial charge in [-0.3, -0.25) is 4.79 Å². The van der Waals surface area contributed by atoms with E-state index in [9.17, 15) is 4.79 Å². The quantitative estimate of drug-likeness (QED) is 0.549. The second-order valence-electron chi connectivity index (χ2n) is 3.15. The second kappa shape index (κ2) is 3.25. The van der Waals surface area contributed by atoms with Crippen LogP contribution in [0.1, 0.15) is 6.42 Å². The van der Waals surface area contributed by atoms with Gasteiger partial charge >= 0.3 is 5.97 Å². The molecule has 2 aliphatic rings. The van der Waals surface area contributed by atoms with Gasteiger partial charge in [-0.2, -0.15) is 0 Å². The van der Waals surface area contributed by atoms with Crippen LogP contribution >= 0.6 is 0 Å². The van der Waals surface area contributed by atoms with Crippen LogP contribution in [0.4, 0.5) is 0 Å². The standard InChI is InChI=1S/C8H13NO4/c1-11-7(10)6-8-9(2-4-12-8)3-5-13-8/h2-6H2,1H3. The van der Waals surface area contributed by atoms with Crippen molar-refractivity contribution in [3.63, 3.8) is 0 Å². The van der Waals surface area contributed by atoms with E-state index < -0.39 is 5.91 Å². The molecule has 2 saturated heterocycles. The molecule has 0 bridgehead atoms. The van der Waals surface area contributed by atoms with E-state index in [1.165, 1.54) is 7.11 Å². The Kier molecular flexibility index (Phi) is 2.23. The average molecular weight is 187 g/mol. The first kappa shape index (κ1) is 8.93. The van der Waals surface area contributed by atoms with Crippen molar-refractivity contribution in [1.82, 2.24) is 4.90 Å². The lowest BCUT2D eigenvalue weighted by Gasteiger charge is -2.27. The molecular formula is C8H13NO4. The topological polar surface area (TPSA) is 48.0 Å². The van der Waals surface area contributed by atoms with Crippen LogP contribution in [-0.2, 0) is 19.0 Å². The van der Waals surface area contributed by atoms with Crippen LogP contribution in [-0.4, -0.2) is 50.2 Å². The second-order valence-corrected chi connectivity index (χ2v) is 3.15. The molecule has 0 aliphatic carbocycles. The first-order valence-electron chi connectivity index (χ1n) is 4.37. The number of hydrogen-bond acceptors (Lipinski definition) is 5. The van der Waals surface area contributed by atoms with Crippen molar-refractivity contribution in [1.29, 1.82) is 0 Å². The molecule has 2 aliphatic heterocycles. The van der Waals surface area contributed by atoms with Gasteiger partial charge in [-0.15, -0.1) is 0 Å². The van der Waals surface area contributed by atoms with Gasteiger partial charge in [0.1, 0.15) is 6.42 Å². The molecule has 0 atom stereocenters. The van der Waals surface area contributed by atoms with E-state index in [1.54, 1.807) is 0 Å². The fourth-order valence-corrected chi connectivity index (χ4v) is 1.78. The molecule has 2 rings (SSSR count). The third-order valence-corrected chi connectivity index (χ3v) is 2.45. The Morgan fingerprint density at radius 3 is 2.62 bits per heavy atom. The molecule has 0 amide bonds. The van der Waals surface area contributed by atoms with Crippen molar-refractivity contribution < 1.29 is 19.0 Å². The molecule has 0 aromatic carbocycles. The van der Waals surface area contributed by atoms with Crippen molar-refractivity contribution in [2.24, 2.45) is 0 Å². The number of hydrogen-bond donors (Lipinski definition) is 0. The number of carbonyl (C=O) groups excluding carboxylic acids is 1. The summed E-state index contributed by atoms with van der Waals surface area (Å²) >= 11 is 0. The third kappa shape index (κ3) is 1.43. The highest BCUT2D eigenvalue weighted by molar-refractivity contribution is 5.70. The van der Waals surface area contributed by atoms with Gasteiger partial charge in [-0.25, -0.2) is 4.90 Å². The van der Waals surface area contributed by atoms with Gasteiger partial charge in [0.15, 0.2) is 0 Å². The minimum Gasteiger partial charge on any atom is -0.469 e. The molecule has 13 heavy (non-hydrogen) atoms. The summed E-state index contributed by atoms with van der Waals surface area (Å²) in [6.07, 6.45) is 0.156. The van der Waals surface area contributed by atoms with E-state index in [1.807, 2.05) is 4.90 Å². The van der Waals surface area contributed by atoms with Crippen LogP contribution in [0.3, 0.4) is 0 Å². The predicted octanol–water partition coefficient (Wildman–Crippen LogP) is -0.434. The van der Waals surface area contributed by atoms with E-state index in [2.05, 4.69) is 4.74 Å². The van der Waals surface area contributed by atoms with Crippen LogP contribution in [0.2, 0.25) is 0 Å². The van der Waals surface area contributed by atoms with E-state index in [-0.39, 0.29) is 12.4 Å².